The summed E-state index contributed by atoms with van der Waals surface area (Å²) in [6.45, 7) is 2.43. The summed E-state index contributed by atoms with van der Waals surface area (Å²) in [5.74, 6) is -9.31. The molecule has 0 radical (unpaired) electrons. The summed E-state index contributed by atoms with van der Waals surface area (Å²) in [5, 5.41) is 0. The Balaban J connectivity index is 4.48. The Labute approximate surface area is 64.9 Å². The Bertz CT molecular complexity index is 161. The molecule has 0 N–H and O–H groups in total. The van der Waals surface area contributed by atoms with Gasteiger partial charge in [0.1, 0.15) is 0 Å². The molecule has 0 fully saturated rings. The van der Waals surface area contributed by atoms with Gasteiger partial charge < -0.3 is 0 Å². The molecule has 0 aliphatic rings. The van der Waals surface area contributed by atoms with Gasteiger partial charge in [0.25, 0.3) is 0 Å². The first-order chi connectivity index (χ1) is 5.23. The van der Waals surface area contributed by atoms with Crippen LogP contribution in [0.25, 0.3) is 0 Å². The molecule has 0 amide bonds. The van der Waals surface area contributed by atoms with Gasteiger partial charge in [-0.25, -0.2) is 8.78 Å². The molecular weight excluding hydrogens is 186 g/mol. The van der Waals surface area contributed by atoms with E-state index in [1.165, 1.54) is 0 Å². The summed E-state index contributed by atoms with van der Waals surface area (Å²) in [4.78, 5) is 0. The van der Waals surface area contributed by atoms with Crippen molar-refractivity contribution in [3.63, 3.8) is 0 Å². The quantitative estimate of drug-likeness (QED) is 0.474. The predicted molar refractivity (Wildman–Crippen MR) is 30.7 cm³/mol. The molecule has 0 atom stereocenters. The van der Waals surface area contributed by atoms with Crippen molar-refractivity contribution >= 4 is 0 Å². The third-order valence-corrected chi connectivity index (χ3v) is 1.15. The minimum atomic E-state index is -4.73. The largest absolute Gasteiger partial charge is 0.328 e. The molecule has 0 saturated carbocycles. The zero-order valence-corrected chi connectivity index (χ0v) is 5.84. The summed E-state index contributed by atoms with van der Waals surface area (Å²) in [6, 6.07) is 0. The van der Waals surface area contributed by atoms with Crippen LogP contribution in [0.5, 0.6) is 0 Å². The van der Waals surface area contributed by atoms with Crippen LogP contribution in [-0.2, 0) is 0 Å². The number of rotatable bonds is 4. The lowest BCUT2D eigenvalue weighted by Crippen LogP contribution is -2.40. The molecule has 0 aromatic carbocycles. The second-order valence-electron chi connectivity index (χ2n) is 2.13. The highest BCUT2D eigenvalue weighted by molar-refractivity contribution is 4.98. The highest BCUT2D eigenvalue weighted by Crippen LogP contribution is 2.39. The zero-order valence-electron chi connectivity index (χ0n) is 5.84. The number of hydrogen-bond donors (Lipinski definition) is 0. The number of alkyl halides is 6. The molecule has 72 valence electrons. The lowest BCUT2D eigenvalue weighted by molar-refractivity contribution is -0.197. The Morgan fingerprint density at radius 2 is 1.58 bits per heavy atom. The minimum absolute atomic E-state index is 0.338. The number of halogens is 6. The first-order valence-corrected chi connectivity index (χ1v) is 2.90. The van der Waals surface area contributed by atoms with Crippen molar-refractivity contribution in [1.29, 1.82) is 0 Å². The van der Waals surface area contributed by atoms with E-state index < -0.39 is 24.7 Å². The van der Waals surface area contributed by atoms with Crippen molar-refractivity contribution < 1.29 is 26.3 Å². The predicted octanol–water partition coefficient (Wildman–Crippen LogP) is 3.10. The van der Waals surface area contributed by atoms with Gasteiger partial charge in [-0.15, -0.1) is 0 Å². The summed E-state index contributed by atoms with van der Waals surface area (Å²) in [7, 11) is 0. The number of hydrogen-bond acceptors (Lipinski definition) is 0. The molecule has 0 saturated heterocycles. The summed E-state index contributed by atoms with van der Waals surface area (Å²) >= 11 is 0. The van der Waals surface area contributed by atoms with E-state index in [2.05, 4.69) is 6.58 Å². The third-order valence-electron chi connectivity index (χ3n) is 1.15. The van der Waals surface area contributed by atoms with Gasteiger partial charge in [-0.2, -0.15) is 17.6 Å². The van der Waals surface area contributed by atoms with Crippen LogP contribution in [-0.4, -0.2) is 18.3 Å². The van der Waals surface area contributed by atoms with E-state index in [9.17, 15) is 26.3 Å². The standard InChI is InChI=1S/C6H6F6/c1-2-5(9,10)6(11,12)3-4(7)8/h2,4H,1,3H2. The highest BCUT2D eigenvalue weighted by Gasteiger charge is 2.55. The number of allylic oxidation sites excluding steroid dienone is 1. The fraction of sp³-hybridized carbons (Fsp3) is 0.667. The average Bonchev–Trinajstić information content (AvgIpc) is 1.84. The smallest absolute Gasteiger partial charge is 0.210 e. The van der Waals surface area contributed by atoms with E-state index in [-0.39, 0.29) is 6.08 Å². The average molecular weight is 192 g/mol. The van der Waals surface area contributed by atoms with Gasteiger partial charge in [-0.05, 0) is 6.08 Å². The maximum absolute atomic E-state index is 12.2. The van der Waals surface area contributed by atoms with E-state index in [1.807, 2.05) is 0 Å². The monoisotopic (exact) mass is 192 g/mol. The highest BCUT2D eigenvalue weighted by atomic mass is 19.3. The summed E-state index contributed by atoms with van der Waals surface area (Å²) < 4.78 is 71.2. The van der Waals surface area contributed by atoms with Crippen LogP contribution in [0.2, 0.25) is 0 Å². The molecule has 0 bridgehead atoms. The molecule has 0 aliphatic carbocycles. The van der Waals surface area contributed by atoms with Crippen molar-refractivity contribution in [2.75, 3.05) is 0 Å². The van der Waals surface area contributed by atoms with Gasteiger partial charge in [-0.3, -0.25) is 0 Å². The third kappa shape index (κ3) is 2.42. The maximum Gasteiger partial charge on any atom is 0.328 e. The lowest BCUT2D eigenvalue weighted by Gasteiger charge is -2.22. The fourth-order valence-corrected chi connectivity index (χ4v) is 0.479. The van der Waals surface area contributed by atoms with Gasteiger partial charge in [0, 0.05) is 0 Å². The van der Waals surface area contributed by atoms with Crippen LogP contribution in [0, 0.1) is 0 Å². The Morgan fingerprint density at radius 3 is 1.83 bits per heavy atom. The van der Waals surface area contributed by atoms with Crippen LogP contribution in [0.4, 0.5) is 26.3 Å². The first kappa shape index (κ1) is 11.3. The fourth-order valence-electron chi connectivity index (χ4n) is 0.479. The van der Waals surface area contributed by atoms with Gasteiger partial charge in [-0.1, -0.05) is 6.58 Å². The van der Waals surface area contributed by atoms with E-state index >= 15 is 0 Å². The molecule has 12 heavy (non-hydrogen) atoms. The maximum atomic E-state index is 12.2. The van der Waals surface area contributed by atoms with Crippen LogP contribution >= 0.6 is 0 Å². The Morgan fingerprint density at radius 1 is 1.17 bits per heavy atom. The molecule has 0 spiro atoms. The van der Waals surface area contributed by atoms with Crippen LogP contribution < -0.4 is 0 Å². The lowest BCUT2D eigenvalue weighted by atomic mass is 10.1. The second-order valence-corrected chi connectivity index (χ2v) is 2.13. The van der Waals surface area contributed by atoms with E-state index in [4.69, 9.17) is 0 Å². The summed E-state index contributed by atoms with van der Waals surface area (Å²) in [6.07, 6.45) is -5.97. The molecule has 0 aliphatic heterocycles. The van der Waals surface area contributed by atoms with Crippen molar-refractivity contribution in [1.82, 2.24) is 0 Å². The van der Waals surface area contributed by atoms with Gasteiger partial charge in [0.15, 0.2) is 0 Å². The van der Waals surface area contributed by atoms with Crippen LogP contribution in [0.1, 0.15) is 6.42 Å². The van der Waals surface area contributed by atoms with Crippen molar-refractivity contribution in [3.05, 3.63) is 12.7 Å². The van der Waals surface area contributed by atoms with Gasteiger partial charge in [0.05, 0.1) is 6.42 Å². The normalized spacial score (nSPS) is 13.6. The molecule has 0 aromatic heterocycles. The van der Waals surface area contributed by atoms with Crippen LogP contribution in [0.3, 0.4) is 0 Å². The van der Waals surface area contributed by atoms with Crippen LogP contribution in [0.15, 0.2) is 12.7 Å². The van der Waals surface area contributed by atoms with Crippen molar-refractivity contribution in [2.45, 2.75) is 24.7 Å². The minimum Gasteiger partial charge on any atom is -0.210 e. The molecule has 0 unspecified atom stereocenters. The van der Waals surface area contributed by atoms with E-state index in [0.717, 1.165) is 0 Å². The molecular formula is C6H6F6. The molecule has 0 rings (SSSR count). The second kappa shape index (κ2) is 3.37. The van der Waals surface area contributed by atoms with Gasteiger partial charge in [0.2, 0.25) is 6.43 Å². The Hall–Kier alpha value is -0.680. The van der Waals surface area contributed by atoms with E-state index in [0.29, 0.717) is 0 Å². The zero-order chi connectivity index (χ0) is 9.99. The van der Waals surface area contributed by atoms with E-state index in [1.54, 1.807) is 0 Å². The molecule has 0 heterocycles. The first-order valence-electron chi connectivity index (χ1n) is 2.90. The SMILES string of the molecule is C=CC(F)(F)C(F)(F)CC(F)F. The molecule has 0 nitrogen and oxygen atoms in total. The molecule has 0 aromatic rings. The van der Waals surface area contributed by atoms with Crippen molar-refractivity contribution in [3.8, 4) is 0 Å². The Kier molecular flexibility index (Phi) is 3.17. The van der Waals surface area contributed by atoms with Gasteiger partial charge >= 0.3 is 11.8 Å². The molecule has 6 heteroatoms. The summed E-state index contributed by atoms with van der Waals surface area (Å²) in [5.41, 5.74) is 0. The van der Waals surface area contributed by atoms with Crippen molar-refractivity contribution in [2.24, 2.45) is 0 Å². The topological polar surface area (TPSA) is 0 Å².